The smallest absolute Gasteiger partial charge is 0.0447 e. The Morgan fingerprint density at radius 1 is 1.26 bits per heavy atom. The molecule has 0 heterocycles. The molecule has 0 aliphatic heterocycles. The van der Waals surface area contributed by atoms with E-state index in [1.807, 2.05) is 0 Å². The lowest BCUT2D eigenvalue weighted by Crippen LogP contribution is -2.21. The van der Waals surface area contributed by atoms with Gasteiger partial charge >= 0.3 is 0 Å². The first-order valence-electron chi connectivity index (χ1n) is 8.01. The van der Waals surface area contributed by atoms with Gasteiger partial charge in [-0.05, 0) is 29.8 Å². The van der Waals surface area contributed by atoms with Crippen molar-refractivity contribution in [2.75, 3.05) is 0 Å². The van der Waals surface area contributed by atoms with Crippen molar-refractivity contribution in [3.05, 3.63) is 48.1 Å². The van der Waals surface area contributed by atoms with Crippen molar-refractivity contribution >= 4 is 9.52 Å². The van der Waals surface area contributed by atoms with Gasteiger partial charge in [0, 0.05) is 9.52 Å². The van der Waals surface area contributed by atoms with Gasteiger partial charge in [-0.3, -0.25) is 0 Å². The van der Waals surface area contributed by atoms with E-state index < -0.39 is 0 Å². The number of unbranched alkanes of at least 4 members (excludes halogenated alkanes) is 2. The largest absolute Gasteiger partial charge is 0.0840 e. The third-order valence-corrected chi connectivity index (χ3v) is 7.21. The van der Waals surface area contributed by atoms with Crippen molar-refractivity contribution in [3.63, 3.8) is 0 Å². The Morgan fingerprint density at radius 2 is 2.16 bits per heavy atom. The molecule has 0 saturated heterocycles. The molecule has 0 N–H and O–H groups in total. The Bertz CT molecular complexity index is 400. The molecule has 0 spiro atoms. The zero-order chi connectivity index (χ0) is 13.6. The highest BCUT2D eigenvalue weighted by Gasteiger charge is 2.30. The van der Waals surface area contributed by atoms with Gasteiger partial charge in [-0.25, -0.2) is 0 Å². The van der Waals surface area contributed by atoms with E-state index in [-0.39, 0.29) is 9.52 Å². The van der Waals surface area contributed by atoms with Crippen LogP contribution in [0.5, 0.6) is 0 Å². The fourth-order valence-electron chi connectivity index (χ4n) is 3.34. The molecule has 0 saturated carbocycles. The average Bonchev–Trinajstić information content (AvgIpc) is 2.87. The zero-order valence-electron chi connectivity index (χ0n) is 12.6. The molecule has 2 unspecified atom stereocenters. The van der Waals surface area contributed by atoms with E-state index in [9.17, 15) is 0 Å². The van der Waals surface area contributed by atoms with E-state index >= 15 is 0 Å². The van der Waals surface area contributed by atoms with Gasteiger partial charge in [0.15, 0.2) is 0 Å². The molecule has 2 rings (SSSR count). The first kappa shape index (κ1) is 14.6. The predicted molar refractivity (Wildman–Crippen MR) is 89.5 cm³/mol. The summed E-state index contributed by atoms with van der Waals surface area (Å²) in [5, 5.41) is 0.554. The molecular formula is C18H28Si. The Balaban J connectivity index is 1.99. The second kappa shape index (κ2) is 7.09. The van der Waals surface area contributed by atoms with Gasteiger partial charge in [0.2, 0.25) is 0 Å². The van der Waals surface area contributed by atoms with Crippen molar-refractivity contribution in [1.29, 1.82) is 0 Å². The molecule has 0 aromatic carbocycles. The van der Waals surface area contributed by atoms with Gasteiger partial charge in [-0.2, -0.15) is 0 Å². The Hall–Kier alpha value is -0.823. The molecule has 0 aromatic heterocycles. The Kier molecular flexibility index (Phi) is 5.44. The molecule has 2 atom stereocenters. The normalized spacial score (nSPS) is 29.6. The fourth-order valence-corrected chi connectivity index (χ4v) is 6.03. The van der Waals surface area contributed by atoms with Crippen LogP contribution in [0.3, 0.4) is 0 Å². The molecule has 2 aliphatic rings. The van der Waals surface area contributed by atoms with Gasteiger partial charge in [-0.1, -0.05) is 81.2 Å². The topological polar surface area (TPSA) is 0 Å². The minimum atomic E-state index is -0.135. The molecule has 0 radical (unpaired) electrons. The maximum Gasteiger partial charge on any atom is 0.0447 e. The summed E-state index contributed by atoms with van der Waals surface area (Å²) in [4.78, 5) is 0. The maximum atomic E-state index is 2.54. The van der Waals surface area contributed by atoms with Gasteiger partial charge in [0.25, 0.3) is 0 Å². The Morgan fingerprint density at radius 3 is 2.79 bits per heavy atom. The quantitative estimate of drug-likeness (QED) is 0.446. The van der Waals surface area contributed by atoms with Gasteiger partial charge < -0.3 is 0 Å². The molecule has 104 valence electrons. The zero-order valence-corrected chi connectivity index (χ0v) is 14.0. The van der Waals surface area contributed by atoms with Crippen LogP contribution in [0.4, 0.5) is 0 Å². The van der Waals surface area contributed by atoms with Crippen LogP contribution in [0.15, 0.2) is 48.1 Å². The van der Waals surface area contributed by atoms with Crippen LogP contribution in [-0.4, -0.2) is 9.52 Å². The molecule has 1 heteroatoms. The minimum absolute atomic E-state index is 0.135. The molecule has 0 nitrogen and oxygen atoms in total. The molecule has 0 amide bonds. The molecule has 19 heavy (non-hydrogen) atoms. The molecule has 2 aliphatic carbocycles. The van der Waals surface area contributed by atoms with Gasteiger partial charge in [-0.15, -0.1) is 0 Å². The van der Waals surface area contributed by atoms with E-state index in [1.54, 1.807) is 5.57 Å². The summed E-state index contributed by atoms with van der Waals surface area (Å²) in [6.45, 7) is 4.57. The summed E-state index contributed by atoms with van der Waals surface area (Å²) in [6.07, 6.45) is 24.9. The van der Waals surface area contributed by atoms with Crippen LogP contribution in [0.1, 0.15) is 52.4 Å². The lowest BCUT2D eigenvalue weighted by Gasteiger charge is -2.33. The van der Waals surface area contributed by atoms with Crippen LogP contribution in [0.2, 0.25) is 10.6 Å². The molecule has 0 aromatic rings. The molecular weight excluding hydrogens is 244 g/mol. The fraction of sp³-hybridized carbons (Fsp3) is 0.556. The summed E-state index contributed by atoms with van der Waals surface area (Å²) in [6, 6.07) is 0. The first-order valence-corrected chi connectivity index (χ1v) is 9.53. The monoisotopic (exact) mass is 272 g/mol. The van der Waals surface area contributed by atoms with Crippen molar-refractivity contribution in [2.45, 2.75) is 63.0 Å². The van der Waals surface area contributed by atoms with E-state index in [0.717, 1.165) is 5.54 Å². The number of allylic oxidation sites excluding steroid dienone is 8. The van der Waals surface area contributed by atoms with E-state index in [0.29, 0.717) is 5.04 Å². The standard InChI is InChI=1S/C18H28Si/c1-3-5-7-12-18(13-8-6-9-14-18)19-17-11-10-16(4-2)15-17/h6,8-11,13,15,17H,3-5,7,12,14,19H2,1-2H3. The number of hydrogen-bond acceptors (Lipinski definition) is 0. The molecule has 0 fully saturated rings. The van der Waals surface area contributed by atoms with E-state index in [2.05, 4.69) is 56.4 Å². The van der Waals surface area contributed by atoms with Crippen LogP contribution in [0.25, 0.3) is 0 Å². The van der Waals surface area contributed by atoms with E-state index in [4.69, 9.17) is 0 Å². The number of hydrogen-bond donors (Lipinski definition) is 0. The first-order chi connectivity index (χ1) is 9.28. The van der Waals surface area contributed by atoms with Gasteiger partial charge in [0.1, 0.15) is 0 Å². The lowest BCUT2D eigenvalue weighted by atomic mass is 9.93. The summed E-state index contributed by atoms with van der Waals surface area (Å²) in [5.74, 6) is 0. The second-order valence-electron chi connectivity index (χ2n) is 6.13. The summed E-state index contributed by atoms with van der Waals surface area (Å²) in [7, 11) is -0.135. The highest BCUT2D eigenvalue weighted by molar-refractivity contribution is 6.44. The van der Waals surface area contributed by atoms with Crippen LogP contribution >= 0.6 is 0 Å². The van der Waals surface area contributed by atoms with Crippen LogP contribution < -0.4 is 0 Å². The van der Waals surface area contributed by atoms with Crippen LogP contribution in [0, 0.1) is 0 Å². The maximum absolute atomic E-state index is 2.54. The predicted octanol–water partition coefficient (Wildman–Crippen LogP) is 5.11. The summed E-state index contributed by atoms with van der Waals surface area (Å²) < 4.78 is 0. The summed E-state index contributed by atoms with van der Waals surface area (Å²) in [5.41, 5.74) is 2.35. The van der Waals surface area contributed by atoms with Crippen molar-refractivity contribution in [1.82, 2.24) is 0 Å². The van der Waals surface area contributed by atoms with Crippen LogP contribution in [-0.2, 0) is 0 Å². The third kappa shape index (κ3) is 4.07. The second-order valence-corrected chi connectivity index (χ2v) is 8.89. The van der Waals surface area contributed by atoms with Crippen molar-refractivity contribution in [3.8, 4) is 0 Å². The highest BCUT2D eigenvalue weighted by atomic mass is 28.2. The average molecular weight is 273 g/mol. The van der Waals surface area contributed by atoms with E-state index in [1.165, 1.54) is 38.5 Å². The SMILES string of the molecule is CCCCCC1([SiH2]C2C=CC(CC)=C2)C=CC=CC1. The van der Waals surface area contributed by atoms with Gasteiger partial charge in [0.05, 0.1) is 0 Å². The highest BCUT2D eigenvalue weighted by Crippen LogP contribution is 2.44. The number of rotatable bonds is 7. The third-order valence-electron chi connectivity index (χ3n) is 4.54. The Labute approximate surface area is 121 Å². The van der Waals surface area contributed by atoms with Crippen molar-refractivity contribution < 1.29 is 0 Å². The molecule has 0 bridgehead atoms. The van der Waals surface area contributed by atoms with Crippen molar-refractivity contribution in [2.24, 2.45) is 0 Å². The minimum Gasteiger partial charge on any atom is -0.0840 e. The lowest BCUT2D eigenvalue weighted by molar-refractivity contribution is 0.552. The summed E-state index contributed by atoms with van der Waals surface area (Å²) >= 11 is 0.